The second kappa shape index (κ2) is 10.5. The highest BCUT2D eigenvalue weighted by molar-refractivity contribution is 6.36. The number of ether oxygens (including phenoxy) is 1. The number of fused-ring (bicyclic) bond motifs is 1. The summed E-state index contributed by atoms with van der Waals surface area (Å²) >= 11 is 0. The second-order valence-electron chi connectivity index (χ2n) is 9.11. The lowest BCUT2D eigenvalue weighted by atomic mass is 9.94. The molecule has 0 fully saturated rings. The molecule has 4 rings (SSSR count). The Hall–Kier alpha value is -4.37. The molecule has 0 saturated heterocycles. The van der Waals surface area contributed by atoms with Gasteiger partial charge in [-0.25, -0.2) is 4.79 Å². The molecule has 1 unspecified atom stereocenters. The van der Waals surface area contributed by atoms with Crippen LogP contribution in [0.5, 0.6) is 5.75 Å². The number of carbonyl (C=O) groups excluding carboxylic acids is 2. The molecule has 9 nitrogen and oxygen atoms in total. The Balaban J connectivity index is 2.00. The molecule has 4 N–H and O–H groups in total. The van der Waals surface area contributed by atoms with Crippen LogP contribution in [0.3, 0.4) is 0 Å². The first-order valence-corrected chi connectivity index (χ1v) is 12.4. The van der Waals surface area contributed by atoms with Crippen molar-refractivity contribution in [2.45, 2.75) is 33.9 Å². The van der Waals surface area contributed by atoms with Crippen LogP contribution in [-0.4, -0.2) is 52.6 Å². The predicted molar refractivity (Wildman–Crippen MR) is 147 cm³/mol. The van der Waals surface area contributed by atoms with Crippen molar-refractivity contribution in [3.05, 3.63) is 70.5 Å². The van der Waals surface area contributed by atoms with Crippen LogP contribution in [-0.2, 0) is 9.59 Å². The monoisotopic (exact) mass is 516 g/mol. The molecule has 0 bridgehead atoms. The predicted octanol–water partition coefficient (Wildman–Crippen LogP) is 4.30. The zero-order valence-corrected chi connectivity index (χ0v) is 22.2. The third-order valence-corrected chi connectivity index (χ3v) is 7.12. The van der Waals surface area contributed by atoms with Gasteiger partial charge in [-0.15, -0.1) is 0 Å². The number of likely N-dealkylation sites (N-methyl/N-ethyl adjacent to an activating group) is 1. The number of carboxylic acids is 1. The molecule has 1 aromatic heterocycles. The van der Waals surface area contributed by atoms with Crippen molar-refractivity contribution in [1.82, 2.24) is 9.47 Å². The molecule has 1 atom stereocenters. The summed E-state index contributed by atoms with van der Waals surface area (Å²) in [6.07, 6.45) is 0.743. The molecule has 2 amide bonds. The summed E-state index contributed by atoms with van der Waals surface area (Å²) < 4.78 is 6.92. The van der Waals surface area contributed by atoms with E-state index in [9.17, 15) is 19.5 Å². The third kappa shape index (κ3) is 4.45. The number of aromatic nitrogens is 1. The Morgan fingerprint density at radius 1 is 1.13 bits per heavy atom. The minimum Gasteiger partial charge on any atom is -0.497 e. The third-order valence-electron chi connectivity index (χ3n) is 7.12. The first-order chi connectivity index (χ1) is 18.1. The van der Waals surface area contributed by atoms with Gasteiger partial charge in [-0.1, -0.05) is 38.1 Å². The fourth-order valence-electron chi connectivity index (χ4n) is 5.26. The summed E-state index contributed by atoms with van der Waals surface area (Å²) in [6, 6.07) is 13.1. The van der Waals surface area contributed by atoms with E-state index in [-0.39, 0.29) is 11.5 Å². The van der Waals surface area contributed by atoms with Crippen LogP contribution in [0.2, 0.25) is 0 Å². The summed E-state index contributed by atoms with van der Waals surface area (Å²) in [6.45, 7) is 8.19. The van der Waals surface area contributed by atoms with Crippen molar-refractivity contribution in [2.75, 3.05) is 25.5 Å². The number of nitrogens with two attached hydrogens (primary N) is 1. The number of rotatable bonds is 9. The number of nitrogens with one attached hydrogen (secondary N) is 1. The van der Waals surface area contributed by atoms with Gasteiger partial charge in [0.05, 0.1) is 18.2 Å². The van der Waals surface area contributed by atoms with Crippen LogP contribution in [0.15, 0.2) is 42.5 Å². The van der Waals surface area contributed by atoms with Gasteiger partial charge in [0.2, 0.25) is 0 Å². The highest BCUT2D eigenvalue weighted by Crippen LogP contribution is 2.42. The highest BCUT2D eigenvalue weighted by atomic mass is 16.5. The summed E-state index contributed by atoms with van der Waals surface area (Å²) in [5.74, 6) is -1.33. The number of hydrogen-bond acceptors (Lipinski definition) is 5. The van der Waals surface area contributed by atoms with Gasteiger partial charge in [-0.05, 0) is 67.9 Å². The minimum atomic E-state index is -1.11. The van der Waals surface area contributed by atoms with Crippen LogP contribution in [0.4, 0.5) is 5.69 Å². The van der Waals surface area contributed by atoms with E-state index in [2.05, 4.69) is 5.32 Å². The molecule has 0 aliphatic carbocycles. The number of carboxylic acid groups (broad SMARTS) is 1. The first-order valence-electron chi connectivity index (χ1n) is 12.4. The topological polar surface area (TPSA) is 127 Å². The first kappa shape index (κ1) is 26.7. The lowest BCUT2D eigenvalue weighted by Gasteiger charge is -2.30. The number of hydrogen-bond donors (Lipinski definition) is 3. The van der Waals surface area contributed by atoms with Crippen LogP contribution in [0.25, 0.3) is 22.8 Å². The molecule has 38 heavy (non-hydrogen) atoms. The number of anilines is 1. The van der Waals surface area contributed by atoms with Gasteiger partial charge < -0.3 is 25.5 Å². The number of benzene rings is 2. The van der Waals surface area contributed by atoms with E-state index < -0.39 is 18.0 Å². The van der Waals surface area contributed by atoms with Crippen LogP contribution in [0, 0.1) is 13.8 Å². The Morgan fingerprint density at radius 3 is 2.34 bits per heavy atom. The number of methoxy groups -OCH3 is 1. The number of nitrogens with zero attached hydrogens (tertiary/aromatic N) is 2. The molecule has 3 aromatic rings. The number of primary amides is 1. The zero-order valence-electron chi connectivity index (χ0n) is 22.2. The standard InChI is InChI=1S/C29H32N4O5/c1-6-32(7-2)28(26(30)34)33-17(4)24(29(36)37)16(3)23(33)15-21-25-20(9-8-10-22(25)31-27(21)35)18-11-13-19(38-5)14-12-18/h8-15,28H,6-7H2,1-5H3,(H2,30,34)(H,31,35)(H,36,37). The maximum atomic E-state index is 13.3. The average molecular weight is 517 g/mol. The lowest BCUT2D eigenvalue weighted by molar-refractivity contribution is -0.126. The van der Waals surface area contributed by atoms with Gasteiger partial charge in [0.25, 0.3) is 11.8 Å². The highest BCUT2D eigenvalue weighted by Gasteiger charge is 2.33. The zero-order chi connectivity index (χ0) is 27.7. The molecule has 0 saturated carbocycles. The van der Waals surface area contributed by atoms with Crippen molar-refractivity contribution in [2.24, 2.45) is 5.73 Å². The Kier molecular flexibility index (Phi) is 7.41. The molecule has 198 valence electrons. The molecule has 2 heterocycles. The van der Waals surface area contributed by atoms with Crippen molar-refractivity contribution in [1.29, 1.82) is 0 Å². The van der Waals surface area contributed by atoms with Gasteiger partial charge in [0, 0.05) is 22.6 Å². The Morgan fingerprint density at radius 2 is 1.79 bits per heavy atom. The average Bonchev–Trinajstić information content (AvgIpc) is 3.34. The van der Waals surface area contributed by atoms with Crippen LogP contribution in [0.1, 0.15) is 52.9 Å². The smallest absolute Gasteiger partial charge is 0.337 e. The summed E-state index contributed by atoms with van der Waals surface area (Å²) in [7, 11) is 1.60. The number of amides is 2. The van der Waals surface area contributed by atoms with E-state index in [1.807, 2.05) is 61.2 Å². The molecular weight excluding hydrogens is 484 g/mol. The Bertz CT molecular complexity index is 1450. The van der Waals surface area contributed by atoms with E-state index in [4.69, 9.17) is 10.5 Å². The van der Waals surface area contributed by atoms with Gasteiger partial charge in [-0.2, -0.15) is 0 Å². The maximum Gasteiger partial charge on any atom is 0.337 e. The molecule has 0 spiro atoms. The SMILES string of the molecule is CCN(CC)C(C(N)=O)n1c(C)c(C(=O)O)c(C)c1C=C1C(=O)Nc2cccc(-c3ccc(OC)cc3)c21. The number of aromatic carboxylic acids is 1. The molecule has 9 heteroatoms. The molecule has 2 aromatic carbocycles. The van der Waals surface area contributed by atoms with E-state index in [1.165, 1.54) is 0 Å². The normalized spacial score (nSPS) is 14.5. The van der Waals surface area contributed by atoms with Crippen molar-refractivity contribution in [3.8, 4) is 16.9 Å². The van der Waals surface area contributed by atoms with Crippen LogP contribution < -0.4 is 15.8 Å². The molecule has 1 aliphatic heterocycles. The van der Waals surface area contributed by atoms with Crippen molar-refractivity contribution >= 4 is 35.1 Å². The van der Waals surface area contributed by atoms with Crippen LogP contribution >= 0.6 is 0 Å². The summed E-state index contributed by atoms with van der Waals surface area (Å²) in [4.78, 5) is 40.1. The van der Waals surface area contributed by atoms with Gasteiger partial charge in [-0.3, -0.25) is 14.5 Å². The molecule has 0 radical (unpaired) electrons. The maximum absolute atomic E-state index is 13.3. The summed E-state index contributed by atoms with van der Waals surface area (Å²) in [5, 5.41) is 12.9. The van der Waals surface area contributed by atoms with E-state index in [0.29, 0.717) is 52.6 Å². The molecular formula is C29H32N4O5. The lowest BCUT2D eigenvalue weighted by Crippen LogP contribution is -2.42. The van der Waals surface area contributed by atoms with Gasteiger partial charge in [0.1, 0.15) is 5.75 Å². The van der Waals surface area contributed by atoms with Crippen molar-refractivity contribution < 1.29 is 24.2 Å². The number of carbonyl (C=O) groups is 3. The molecule has 1 aliphatic rings. The Labute approximate surface area is 221 Å². The van der Waals surface area contributed by atoms with Crippen molar-refractivity contribution in [3.63, 3.8) is 0 Å². The quantitative estimate of drug-likeness (QED) is 0.364. The fraction of sp³-hybridized carbons (Fsp3) is 0.276. The van der Waals surface area contributed by atoms with E-state index >= 15 is 0 Å². The van der Waals surface area contributed by atoms with E-state index in [1.54, 1.807) is 31.6 Å². The minimum absolute atomic E-state index is 0.0809. The second-order valence-corrected chi connectivity index (χ2v) is 9.11. The van der Waals surface area contributed by atoms with Gasteiger partial charge >= 0.3 is 5.97 Å². The summed E-state index contributed by atoms with van der Waals surface area (Å²) in [5.41, 5.74) is 10.7. The van der Waals surface area contributed by atoms with E-state index in [0.717, 1.165) is 11.1 Å². The largest absolute Gasteiger partial charge is 0.497 e. The van der Waals surface area contributed by atoms with Gasteiger partial charge in [0.15, 0.2) is 6.17 Å². The fourth-order valence-corrected chi connectivity index (χ4v) is 5.26.